The van der Waals surface area contributed by atoms with Crippen molar-refractivity contribution in [1.29, 1.82) is 5.26 Å². The van der Waals surface area contributed by atoms with Crippen LogP contribution in [0.15, 0.2) is 47.6 Å². The first-order valence-electron chi connectivity index (χ1n) is 8.04. The summed E-state index contributed by atoms with van der Waals surface area (Å²) in [5, 5.41) is 46.2. The highest BCUT2D eigenvalue weighted by atomic mass is 16.4. The fourth-order valence-corrected chi connectivity index (χ4v) is 2.52. The van der Waals surface area contributed by atoms with Crippen molar-refractivity contribution in [3.8, 4) is 6.07 Å². The number of rotatable bonds is 11. The second-order valence-electron chi connectivity index (χ2n) is 5.83. The van der Waals surface area contributed by atoms with Crippen LogP contribution < -0.4 is 0 Å². The molecule has 0 aliphatic heterocycles. The van der Waals surface area contributed by atoms with E-state index < -0.39 is 41.4 Å². The van der Waals surface area contributed by atoms with Crippen LogP contribution in [0.2, 0.25) is 0 Å². The summed E-state index contributed by atoms with van der Waals surface area (Å²) in [4.78, 5) is 34.4. The molecule has 0 aliphatic carbocycles. The maximum Gasteiger partial charge on any atom is 0.332 e. The Morgan fingerprint density at radius 2 is 1.78 bits per heavy atom. The number of aliphatic hydroxyl groups is 1. The van der Waals surface area contributed by atoms with Crippen molar-refractivity contribution in [3.63, 3.8) is 0 Å². The molecule has 27 heavy (non-hydrogen) atoms. The number of carboxylic acid groups (broad SMARTS) is 3. The molecule has 0 radical (unpaired) electrons. The molecule has 8 nitrogen and oxygen atoms in total. The first kappa shape index (κ1) is 23.8. The highest BCUT2D eigenvalue weighted by Gasteiger charge is 2.35. The average molecular weight is 377 g/mol. The van der Waals surface area contributed by atoms with Gasteiger partial charge in [0.15, 0.2) is 0 Å². The van der Waals surface area contributed by atoms with Crippen molar-refractivity contribution >= 4 is 17.9 Å². The van der Waals surface area contributed by atoms with Crippen LogP contribution in [-0.2, 0) is 14.4 Å². The molecule has 0 spiro atoms. The fraction of sp³-hybridized carbons (Fsp3) is 0.368. The second-order valence-corrected chi connectivity index (χ2v) is 5.83. The third-order valence-electron chi connectivity index (χ3n) is 4.09. The maximum atomic E-state index is 11.8. The summed E-state index contributed by atoms with van der Waals surface area (Å²) in [6.07, 6.45) is 4.56. The van der Waals surface area contributed by atoms with Crippen LogP contribution in [0.1, 0.15) is 26.7 Å². The van der Waals surface area contributed by atoms with Gasteiger partial charge in [-0.3, -0.25) is 0 Å². The van der Waals surface area contributed by atoms with E-state index in [0.717, 1.165) is 12.2 Å². The molecule has 146 valence electrons. The van der Waals surface area contributed by atoms with Crippen LogP contribution in [0.4, 0.5) is 0 Å². The number of aliphatic carboxylic acids is 3. The van der Waals surface area contributed by atoms with Crippen LogP contribution in [0.25, 0.3) is 0 Å². The van der Waals surface area contributed by atoms with Gasteiger partial charge in [0.25, 0.3) is 0 Å². The maximum absolute atomic E-state index is 11.8. The Kier molecular flexibility index (Phi) is 9.47. The topological polar surface area (TPSA) is 156 Å². The third-order valence-corrected chi connectivity index (χ3v) is 4.09. The summed E-state index contributed by atoms with van der Waals surface area (Å²) in [6, 6.07) is 1.71. The smallest absolute Gasteiger partial charge is 0.332 e. The van der Waals surface area contributed by atoms with Gasteiger partial charge in [-0.2, -0.15) is 5.26 Å². The zero-order valence-corrected chi connectivity index (χ0v) is 15.2. The van der Waals surface area contributed by atoms with Crippen molar-refractivity contribution in [3.05, 3.63) is 47.6 Å². The van der Waals surface area contributed by atoms with E-state index in [0.29, 0.717) is 0 Å². The Hall–Kier alpha value is -3.18. The molecule has 0 fully saturated rings. The molecule has 0 aromatic carbocycles. The summed E-state index contributed by atoms with van der Waals surface area (Å²) in [5.74, 6) is -4.83. The first-order chi connectivity index (χ1) is 12.6. The summed E-state index contributed by atoms with van der Waals surface area (Å²) >= 11 is 0. The molecule has 0 aromatic rings. The highest BCUT2D eigenvalue weighted by molar-refractivity contribution is 5.92. The minimum absolute atomic E-state index is 0.0635. The minimum atomic E-state index is -1.62. The molecule has 0 rings (SSSR count). The van der Waals surface area contributed by atoms with E-state index in [-0.39, 0.29) is 24.0 Å². The Bertz CT molecular complexity index is 740. The number of hydrogen-bond donors (Lipinski definition) is 4. The van der Waals surface area contributed by atoms with Gasteiger partial charge in [0, 0.05) is 40.7 Å². The number of hydrogen-bond acceptors (Lipinski definition) is 5. The largest absolute Gasteiger partial charge is 0.478 e. The van der Waals surface area contributed by atoms with Crippen molar-refractivity contribution in [1.82, 2.24) is 0 Å². The number of carbonyl (C=O) groups is 3. The molecule has 0 heterocycles. The van der Waals surface area contributed by atoms with Gasteiger partial charge in [-0.05, 0) is 19.8 Å². The van der Waals surface area contributed by atoms with Crippen LogP contribution in [0.3, 0.4) is 0 Å². The number of carboxylic acids is 3. The van der Waals surface area contributed by atoms with Crippen molar-refractivity contribution in [2.75, 3.05) is 6.61 Å². The summed E-state index contributed by atoms with van der Waals surface area (Å²) in [5.41, 5.74) is -2.36. The zero-order chi connectivity index (χ0) is 21.2. The molecule has 0 amide bonds. The molecular weight excluding hydrogens is 354 g/mol. The van der Waals surface area contributed by atoms with Crippen molar-refractivity contribution in [2.24, 2.45) is 11.3 Å². The van der Waals surface area contributed by atoms with E-state index in [1.807, 2.05) is 0 Å². The zero-order valence-electron chi connectivity index (χ0n) is 15.2. The fourth-order valence-electron chi connectivity index (χ4n) is 2.52. The molecule has 2 unspecified atom stereocenters. The Morgan fingerprint density at radius 3 is 2.15 bits per heavy atom. The molecule has 0 saturated carbocycles. The second kappa shape index (κ2) is 10.7. The number of aliphatic hydroxyl groups excluding tert-OH is 1. The van der Waals surface area contributed by atoms with Gasteiger partial charge >= 0.3 is 17.9 Å². The molecule has 4 N–H and O–H groups in total. The van der Waals surface area contributed by atoms with Gasteiger partial charge in [-0.1, -0.05) is 31.7 Å². The standard InChI is InChI=1S/C19H23NO7/c1-4-14(10-12(2)16(22)23)15(18(26)27)11-19(7-9-21,6-5-8-20)13(3)17(24)25/h5-6,10-11,14,21H,3-4,7,9H2,1-2H3,(H,22,23)(H,24,25)(H,26,27). The molecule has 0 aliphatic rings. The van der Waals surface area contributed by atoms with Crippen LogP contribution in [0, 0.1) is 22.7 Å². The number of nitriles is 1. The molecule has 0 bridgehead atoms. The van der Waals surface area contributed by atoms with E-state index >= 15 is 0 Å². The molecule has 2 atom stereocenters. The monoisotopic (exact) mass is 377 g/mol. The van der Waals surface area contributed by atoms with Gasteiger partial charge in [0.1, 0.15) is 0 Å². The Labute approximate surface area is 157 Å². The summed E-state index contributed by atoms with van der Waals surface area (Å²) in [7, 11) is 0. The molecule has 0 saturated heterocycles. The van der Waals surface area contributed by atoms with Crippen molar-refractivity contribution < 1.29 is 34.8 Å². The number of nitrogens with zero attached hydrogens (tertiary/aromatic N) is 1. The lowest BCUT2D eigenvalue weighted by Gasteiger charge is -2.28. The number of allylic oxidation sites excluding steroid dienone is 4. The van der Waals surface area contributed by atoms with Gasteiger partial charge in [-0.25, -0.2) is 14.4 Å². The lowest BCUT2D eigenvalue weighted by Crippen LogP contribution is -2.27. The van der Waals surface area contributed by atoms with Gasteiger partial charge in [-0.15, -0.1) is 0 Å². The predicted molar refractivity (Wildman–Crippen MR) is 96.6 cm³/mol. The Balaban J connectivity index is 6.71. The van der Waals surface area contributed by atoms with E-state index in [1.54, 1.807) is 13.0 Å². The Morgan fingerprint density at radius 1 is 1.19 bits per heavy atom. The van der Waals surface area contributed by atoms with Gasteiger partial charge in [0.2, 0.25) is 0 Å². The van der Waals surface area contributed by atoms with Gasteiger partial charge < -0.3 is 20.4 Å². The van der Waals surface area contributed by atoms with Crippen LogP contribution in [-0.4, -0.2) is 44.9 Å². The predicted octanol–water partition coefficient (Wildman–Crippen LogP) is 2.14. The third kappa shape index (κ3) is 6.56. The summed E-state index contributed by atoms with van der Waals surface area (Å²) < 4.78 is 0. The normalized spacial score (nSPS) is 15.6. The molecule has 0 aromatic heterocycles. The van der Waals surface area contributed by atoms with Gasteiger partial charge in [0.05, 0.1) is 6.07 Å². The van der Waals surface area contributed by atoms with E-state index in [2.05, 4.69) is 6.58 Å². The van der Waals surface area contributed by atoms with E-state index in [1.165, 1.54) is 19.1 Å². The molecule has 8 heteroatoms. The lowest BCUT2D eigenvalue weighted by atomic mass is 9.74. The highest BCUT2D eigenvalue weighted by Crippen LogP contribution is 2.37. The van der Waals surface area contributed by atoms with Crippen molar-refractivity contribution in [2.45, 2.75) is 26.7 Å². The lowest BCUT2D eigenvalue weighted by molar-refractivity contribution is -0.134. The van der Waals surface area contributed by atoms with E-state index in [4.69, 9.17) is 10.4 Å². The average Bonchev–Trinajstić information content (AvgIpc) is 2.61. The first-order valence-corrected chi connectivity index (χ1v) is 8.04. The SMILES string of the molecule is C=C(C(=O)O)C(C=CC#N)(C=C(C(=O)O)C(C=C(C)C(=O)O)CC)CCO. The van der Waals surface area contributed by atoms with Crippen LogP contribution >= 0.6 is 0 Å². The van der Waals surface area contributed by atoms with Crippen LogP contribution in [0.5, 0.6) is 0 Å². The molecular formula is C19H23NO7. The summed E-state index contributed by atoms with van der Waals surface area (Å²) in [6.45, 7) is 5.94. The minimum Gasteiger partial charge on any atom is -0.478 e. The quantitative estimate of drug-likeness (QED) is 0.315. The van der Waals surface area contributed by atoms with E-state index in [9.17, 15) is 29.7 Å².